The minimum atomic E-state index is 0.239. The maximum atomic E-state index is 9.48. The molecule has 4 aromatic rings. The molecule has 27 heavy (non-hydrogen) atoms. The molecule has 4 nitrogen and oxygen atoms in total. The molecule has 0 amide bonds. The van der Waals surface area contributed by atoms with Crippen LogP contribution in [-0.4, -0.2) is 17.2 Å². The van der Waals surface area contributed by atoms with Gasteiger partial charge in [0.05, 0.1) is 7.11 Å². The summed E-state index contributed by atoms with van der Waals surface area (Å²) in [7, 11) is 1.67. The molecule has 0 aliphatic rings. The van der Waals surface area contributed by atoms with Gasteiger partial charge in [0.1, 0.15) is 17.3 Å². The first-order valence-corrected chi connectivity index (χ1v) is 8.74. The lowest BCUT2D eigenvalue weighted by atomic mass is 9.97. The van der Waals surface area contributed by atoms with Crippen LogP contribution in [0.5, 0.6) is 11.5 Å². The number of nitrogens with one attached hydrogen (secondary N) is 1. The van der Waals surface area contributed by atoms with E-state index in [1.807, 2.05) is 42.6 Å². The SMILES string of the molecule is COc1cccc(-c2cnc(Nc3ccc(O)cc3)c3cccc(C)c23)c1. The van der Waals surface area contributed by atoms with Gasteiger partial charge in [0, 0.05) is 22.8 Å². The zero-order valence-corrected chi connectivity index (χ0v) is 15.2. The van der Waals surface area contributed by atoms with E-state index in [4.69, 9.17) is 4.74 Å². The smallest absolute Gasteiger partial charge is 0.138 e. The number of pyridine rings is 1. The van der Waals surface area contributed by atoms with Gasteiger partial charge in [-0.25, -0.2) is 4.98 Å². The van der Waals surface area contributed by atoms with Crippen molar-refractivity contribution in [2.75, 3.05) is 12.4 Å². The molecule has 2 N–H and O–H groups in total. The standard InChI is InChI=1S/C23H20N2O2/c1-15-5-3-8-20-22(15)21(16-6-4-7-19(13-16)27-2)14-24-23(20)25-17-9-11-18(26)12-10-17/h3-14,26H,1-2H3,(H,24,25). The van der Waals surface area contributed by atoms with Gasteiger partial charge in [-0.3, -0.25) is 0 Å². The fourth-order valence-corrected chi connectivity index (χ4v) is 3.28. The Labute approximate surface area is 158 Å². The summed E-state index contributed by atoms with van der Waals surface area (Å²) < 4.78 is 5.38. The average molecular weight is 356 g/mol. The molecular weight excluding hydrogens is 336 g/mol. The first-order valence-electron chi connectivity index (χ1n) is 8.74. The highest BCUT2D eigenvalue weighted by Gasteiger charge is 2.12. The number of benzene rings is 3. The third kappa shape index (κ3) is 3.29. The largest absolute Gasteiger partial charge is 0.508 e. The Bertz CT molecular complexity index is 1110. The summed E-state index contributed by atoms with van der Waals surface area (Å²) in [6.45, 7) is 2.11. The molecular formula is C23H20N2O2. The maximum absolute atomic E-state index is 9.48. The van der Waals surface area contributed by atoms with Gasteiger partial charge in [-0.15, -0.1) is 0 Å². The number of aromatic hydroxyl groups is 1. The molecule has 1 aromatic heterocycles. The number of hydrogen-bond acceptors (Lipinski definition) is 4. The van der Waals surface area contributed by atoms with Crippen LogP contribution >= 0.6 is 0 Å². The van der Waals surface area contributed by atoms with Gasteiger partial charge in [0.25, 0.3) is 0 Å². The summed E-state index contributed by atoms with van der Waals surface area (Å²) in [5, 5.41) is 15.0. The number of phenolic OH excluding ortho intramolecular Hbond substituents is 1. The third-order valence-electron chi connectivity index (χ3n) is 4.63. The fraction of sp³-hybridized carbons (Fsp3) is 0.0870. The number of ether oxygens (including phenoxy) is 1. The molecule has 0 bridgehead atoms. The molecule has 4 heteroatoms. The third-order valence-corrected chi connectivity index (χ3v) is 4.63. The summed E-state index contributed by atoms with van der Waals surface area (Å²) in [6, 6.07) is 21.2. The van der Waals surface area contributed by atoms with Gasteiger partial charge in [0.15, 0.2) is 0 Å². The number of phenols is 1. The molecule has 0 spiro atoms. The molecule has 4 rings (SSSR count). The molecule has 3 aromatic carbocycles. The van der Waals surface area contributed by atoms with E-state index in [9.17, 15) is 5.11 Å². The van der Waals surface area contributed by atoms with Gasteiger partial charge >= 0.3 is 0 Å². The molecule has 0 atom stereocenters. The second kappa shape index (κ2) is 7.00. The van der Waals surface area contributed by atoms with Gasteiger partial charge < -0.3 is 15.2 Å². The van der Waals surface area contributed by atoms with Crippen LogP contribution in [-0.2, 0) is 0 Å². The minimum Gasteiger partial charge on any atom is -0.508 e. The number of hydrogen-bond donors (Lipinski definition) is 2. The number of anilines is 2. The molecule has 0 saturated carbocycles. The van der Waals surface area contributed by atoms with E-state index in [-0.39, 0.29) is 5.75 Å². The van der Waals surface area contributed by atoms with Crippen LogP contribution in [0, 0.1) is 6.92 Å². The number of rotatable bonds is 4. The van der Waals surface area contributed by atoms with E-state index in [0.29, 0.717) is 0 Å². The van der Waals surface area contributed by atoms with Crippen molar-refractivity contribution in [3.63, 3.8) is 0 Å². The van der Waals surface area contributed by atoms with Gasteiger partial charge in [-0.1, -0.05) is 30.3 Å². The Morgan fingerprint density at radius 1 is 0.963 bits per heavy atom. The van der Waals surface area contributed by atoms with Gasteiger partial charge in [-0.05, 0) is 59.8 Å². The maximum Gasteiger partial charge on any atom is 0.138 e. The van der Waals surface area contributed by atoms with Crippen molar-refractivity contribution in [2.24, 2.45) is 0 Å². The molecule has 1 heterocycles. The minimum absolute atomic E-state index is 0.239. The number of methoxy groups -OCH3 is 1. The van der Waals surface area contributed by atoms with Crippen molar-refractivity contribution < 1.29 is 9.84 Å². The van der Waals surface area contributed by atoms with Crippen molar-refractivity contribution in [3.05, 3.63) is 78.5 Å². The van der Waals surface area contributed by atoms with Gasteiger partial charge in [0.2, 0.25) is 0 Å². The Morgan fingerprint density at radius 3 is 2.52 bits per heavy atom. The predicted octanol–water partition coefficient (Wildman–Crippen LogP) is 5.67. The number of nitrogens with zero attached hydrogens (tertiary/aromatic N) is 1. The number of aryl methyl sites for hydroxylation is 1. The molecule has 0 unspecified atom stereocenters. The highest BCUT2D eigenvalue weighted by molar-refractivity contribution is 6.04. The van der Waals surface area contributed by atoms with E-state index >= 15 is 0 Å². The quantitative estimate of drug-likeness (QED) is 0.463. The molecule has 0 aliphatic carbocycles. The van der Waals surface area contributed by atoms with Crippen molar-refractivity contribution >= 4 is 22.3 Å². The molecule has 134 valence electrons. The fourth-order valence-electron chi connectivity index (χ4n) is 3.28. The molecule has 0 radical (unpaired) electrons. The first kappa shape index (κ1) is 16.9. The summed E-state index contributed by atoms with van der Waals surface area (Å²) >= 11 is 0. The highest BCUT2D eigenvalue weighted by atomic mass is 16.5. The Morgan fingerprint density at radius 2 is 1.74 bits per heavy atom. The highest BCUT2D eigenvalue weighted by Crippen LogP contribution is 2.36. The zero-order chi connectivity index (χ0) is 18.8. The lowest BCUT2D eigenvalue weighted by Crippen LogP contribution is -1.97. The zero-order valence-electron chi connectivity index (χ0n) is 15.2. The lowest BCUT2D eigenvalue weighted by Gasteiger charge is -2.15. The van der Waals surface area contributed by atoms with E-state index in [1.54, 1.807) is 19.2 Å². The van der Waals surface area contributed by atoms with Crippen LogP contribution in [0.1, 0.15) is 5.56 Å². The second-order valence-corrected chi connectivity index (χ2v) is 6.42. The topological polar surface area (TPSA) is 54.4 Å². The molecule has 0 fully saturated rings. The molecule has 0 saturated heterocycles. The lowest BCUT2D eigenvalue weighted by molar-refractivity contribution is 0.415. The average Bonchev–Trinajstić information content (AvgIpc) is 2.70. The summed E-state index contributed by atoms with van der Waals surface area (Å²) in [5.41, 5.74) is 4.19. The Balaban J connectivity index is 1.87. The molecule has 0 aliphatic heterocycles. The van der Waals surface area contributed by atoms with Crippen molar-refractivity contribution in [1.82, 2.24) is 4.98 Å². The van der Waals surface area contributed by atoms with Crippen molar-refractivity contribution in [3.8, 4) is 22.6 Å². The van der Waals surface area contributed by atoms with Crippen LogP contribution in [0.4, 0.5) is 11.5 Å². The van der Waals surface area contributed by atoms with Crippen LogP contribution in [0.15, 0.2) is 72.9 Å². The first-order chi connectivity index (χ1) is 13.2. The van der Waals surface area contributed by atoms with Crippen LogP contribution in [0.25, 0.3) is 21.9 Å². The Kier molecular flexibility index (Phi) is 4.38. The van der Waals surface area contributed by atoms with Crippen LogP contribution in [0.3, 0.4) is 0 Å². The van der Waals surface area contributed by atoms with Crippen LogP contribution < -0.4 is 10.1 Å². The number of aromatic nitrogens is 1. The number of fused-ring (bicyclic) bond motifs is 1. The van der Waals surface area contributed by atoms with Crippen molar-refractivity contribution in [2.45, 2.75) is 6.92 Å². The monoisotopic (exact) mass is 356 g/mol. The van der Waals surface area contributed by atoms with Gasteiger partial charge in [-0.2, -0.15) is 0 Å². The van der Waals surface area contributed by atoms with E-state index in [0.717, 1.165) is 39.2 Å². The van der Waals surface area contributed by atoms with Crippen LogP contribution in [0.2, 0.25) is 0 Å². The van der Waals surface area contributed by atoms with E-state index in [1.165, 1.54) is 5.56 Å². The van der Waals surface area contributed by atoms with E-state index < -0.39 is 0 Å². The summed E-state index contributed by atoms with van der Waals surface area (Å²) in [4.78, 5) is 4.68. The Hall–Kier alpha value is -3.53. The summed E-state index contributed by atoms with van der Waals surface area (Å²) in [6.07, 6.45) is 1.90. The normalized spacial score (nSPS) is 10.7. The van der Waals surface area contributed by atoms with Crippen molar-refractivity contribution in [1.29, 1.82) is 0 Å². The summed E-state index contributed by atoms with van der Waals surface area (Å²) in [5.74, 6) is 1.84. The second-order valence-electron chi connectivity index (χ2n) is 6.42. The predicted molar refractivity (Wildman–Crippen MR) is 110 cm³/mol. The van der Waals surface area contributed by atoms with E-state index in [2.05, 4.69) is 35.4 Å².